The summed E-state index contributed by atoms with van der Waals surface area (Å²) in [4.78, 5) is 18.2. The number of carbonyl (C=O) groups is 1. The molecule has 2 N–H and O–H groups in total. The second-order valence-electron chi connectivity index (χ2n) is 5.98. The van der Waals surface area contributed by atoms with Gasteiger partial charge in [-0.1, -0.05) is 11.6 Å². The third-order valence-corrected chi connectivity index (χ3v) is 4.23. The van der Waals surface area contributed by atoms with Gasteiger partial charge in [0.05, 0.1) is 19.2 Å². The summed E-state index contributed by atoms with van der Waals surface area (Å²) in [5, 5.41) is 16.3. The second-order valence-corrected chi connectivity index (χ2v) is 5.98. The van der Waals surface area contributed by atoms with E-state index in [-0.39, 0.29) is 12.0 Å². The first kappa shape index (κ1) is 14.5. The molecule has 1 aromatic heterocycles. The SMILES string of the molecule is O=C(CN1CCC[C@H](O)C1)NCc1noc(C2CCC2)n1. The average molecular weight is 294 g/mol. The Bertz CT molecular complexity index is 486. The van der Waals surface area contributed by atoms with Crippen LogP contribution in [-0.4, -0.2) is 51.8 Å². The molecule has 21 heavy (non-hydrogen) atoms. The van der Waals surface area contributed by atoms with E-state index in [0.29, 0.717) is 37.3 Å². The Balaban J connectivity index is 1.41. The highest BCUT2D eigenvalue weighted by Gasteiger charge is 2.25. The van der Waals surface area contributed by atoms with Gasteiger partial charge in [-0.3, -0.25) is 9.69 Å². The fraction of sp³-hybridized carbons (Fsp3) is 0.786. The van der Waals surface area contributed by atoms with Gasteiger partial charge in [0.1, 0.15) is 0 Å². The molecule has 2 fully saturated rings. The highest BCUT2D eigenvalue weighted by Crippen LogP contribution is 2.35. The molecule has 7 heteroatoms. The predicted octanol–water partition coefficient (Wildman–Crippen LogP) is 0.410. The number of likely N-dealkylation sites (tertiary alicyclic amines) is 1. The highest BCUT2D eigenvalue weighted by molar-refractivity contribution is 5.77. The fourth-order valence-corrected chi connectivity index (χ4v) is 2.77. The average Bonchev–Trinajstić information content (AvgIpc) is 2.83. The van der Waals surface area contributed by atoms with Crippen LogP contribution in [0.4, 0.5) is 0 Å². The Morgan fingerprint density at radius 2 is 2.24 bits per heavy atom. The van der Waals surface area contributed by atoms with Crippen molar-refractivity contribution in [3.05, 3.63) is 11.7 Å². The third-order valence-electron chi connectivity index (χ3n) is 4.23. The molecule has 1 amide bonds. The maximum Gasteiger partial charge on any atom is 0.234 e. The summed E-state index contributed by atoms with van der Waals surface area (Å²) >= 11 is 0. The van der Waals surface area contributed by atoms with Crippen LogP contribution in [0.1, 0.15) is 49.7 Å². The standard InChI is InChI=1S/C14H22N4O3/c19-11-5-2-6-18(8-11)9-13(20)15-7-12-16-14(21-17-12)10-3-1-4-10/h10-11,19H,1-9H2,(H,15,20)/t11-/m0/s1. The molecule has 0 aromatic carbocycles. The molecule has 1 saturated carbocycles. The first-order valence-corrected chi connectivity index (χ1v) is 7.70. The molecule has 0 bridgehead atoms. The molecule has 116 valence electrons. The van der Waals surface area contributed by atoms with Crippen molar-refractivity contribution < 1.29 is 14.4 Å². The molecule has 0 spiro atoms. The summed E-state index contributed by atoms with van der Waals surface area (Å²) in [6.45, 7) is 2.04. The van der Waals surface area contributed by atoms with Gasteiger partial charge in [0.25, 0.3) is 0 Å². The number of amides is 1. The van der Waals surface area contributed by atoms with E-state index in [4.69, 9.17) is 4.52 Å². The van der Waals surface area contributed by atoms with Gasteiger partial charge in [0.15, 0.2) is 5.82 Å². The molecule has 2 heterocycles. The molecular formula is C14H22N4O3. The van der Waals surface area contributed by atoms with Crippen LogP contribution in [0.3, 0.4) is 0 Å². The van der Waals surface area contributed by atoms with E-state index < -0.39 is 0 Å². The molecule has 2 aliphatic rings. The Labute approximate surface area is 123 Å². The molecular weight excluding hydrogens is 272 g/mol. The van der Waals surface area contributed by atoms with Gasteiger partial charge in [-0.25, -0.2) is 0 Å². The van der Waals surface area contributed by atoms with Gasteiger partial charge in [-0.15, -0.1) is 0 Å². The summed E-state index contributed by atoms with van der Waals surface area (Å²) in [6, 6.07) is 0. The number of rotatable bonds is 5. The highest BCUT2D eigenvalue weighted by atomic mass is 16.5. The number of aliphatic hydroxyl groups is 1. The molecule has 1 atom stereocenters. The smallest absolute Gasteiger partial charge is 0.234 e. The first-order valence-electron chi connectivity index (χ1n) is 7.70. The Hall–Kier alpha value is -1.47. The van der Waals surface area contributed by atoms with Crippen LogP contribution >= 0.6 is 0 Å². The van der Waals surface area contributed by atoms with E-state index in [1.54, 1.807) is 0 Å². The first-order chi connectivity index (χ1) is 10.2. The molecule has 1 saturated heterocycles. The lowest BCUT2D eigenvalue weighted by atomic mass is 9.85. The van der Waals surface area contributed by atoms with E-state index >= 15 is 0 Å². The topological polar surface area (TPSA) is 91.5 Å². The van der Waals surface area contributed by atoms with Crippen molar-refractivity contribution in [1.29, 1.82) is 0 Å². The minimum Gasteiger partial charge on any atom is -0.392 e. The molecule has 7 nitrogen and oxygen atoms in total. The lowest BCUT2D eigenvalue weighted by Crippen LogP contribution is -2.44. The summed E-state index contributed by atoms with van der Waals surface area (Å²) < 4.78 is 5.21. The van der Waals surface area contributed by atoms with Gasteiger partial charge in [-0.2, -0.15) is 4.98 Å². The van der Waals surface area contributed by atoms with Crippen LogP contribution in [0.25, 0.3) is 0 Å². The van der Waals surface area contributed by atoms with Crippen molar-refractivity contribution in [1.82, 2.24) is 20.4 Å². The third kappa shape index (κ3) is 3.79. The zero-order valence-corrected chi connectivity index (χ0v) is 12.1. The van der Waals surface area contributed by atoms with E-state index in [2.05, 4.69) is 15.5 Å². The van der Waals surface area contributed by atoms with Crippen LogP contribution < -0.4 is 5.32 Å². The van der Waals surface area contributed by atoms with Crippen LogP contribution in [0.2, 0.25) is 0 Å². The monoisotopic (exact) mass is 294 g/mol. The number of aromatic nitrogens is 2. The number of carbonyl (C=O) groups excluding carboxylic acids is 1. The summed E-state index contributed by atoms with van der Waals surface area (Å²) in [5.41, 5.74) is 0. The second kappa shape index (κ2) is 6.53. The van der Waals surface area contributed by atoms with Crippen LogP contribution in [-0.2, 0) is 11.3 Å². The lowest BCUT2D eigenvalue weighted by Gasteiger charge is -2.29. The van der Waals surface area contributed by atoms with Gasteiger partial charge in [0.2, 0.25) is 11.8 Å². The number of nitrogens with zero attached hydrogens (tertiary/aromatic N) is 3. The van der Waals surface area contributed by atoms with Crippen LogP contribution in [0.15, 0.2) is 4.52 Å². The van der Waals surface area contributed by atoms with Gasteiger partial charge in [0, 0.05) is 12.5 Å². The van der Waals surface area contributed by atoms with Crippen molar-refractivity contribution in [3.8, 4) is 0 Å². The van der Waals surface area contributed by atoms with Gasteiger partial charge in [-0.05, 0) is 32.2 Å². The van der Waals surface area contributed by atoms with Crippen molar-refractivity contribution in [2.45, 2.75) is 50.7 Å². The fourth-order valence-electron chi connectivity index (χ4n) is 2.77. The van der Waals surface area contributed by atoms with E-state index in [1.165, 1.54) is 6.42 Å². The van der Waals surface area contributed by atoms with Gasteiger partial charge >= 0.3 is 0 Å². The largest absolute Gasteiger partial charge is 0.392 e. The van der Waals surface area contributed by atoms with E-state index in [9.17, 15) is 9.90 Å². The molecule has 1 aliphatic carbocycles. The summed E-state index contributed by atoms with van der Waals surface area (Å²) in [6.07, 6.45) is 4.90. The minimum absolute atomic E-state index is 0.0703. The number of piperidine rings is 1. The normalized spacial score (nSPS) is 23.8. The molecule has 3 rings (SSSR count). The zero-order chi connectivity index (χ0) is 14.7. The zero-order valence-electron chi connectivity index (χ0n) is 12.1. The van der Waals surface area contributed by atoms with Crippen molar-refractivity contribution in [2.24, 2.45) is 0 Å². The molecule has 0 radical (unpaired) electrons. The summed E-state index contributed by atoms with van der Waals surface area (Å²) in [5.74, 6) is 1.57. The van der Waals surface area contributed by atoms with Crippen molar-refractivity contribution in [2.75, 3.05) is 19.6 Å². The van der Waals surface area contributed by atoms with Crippen LogP contribution in [0, 0.1) is 0 Å². The maximum atomic E-state index is 11.9. The van der Waals surface area contributed by atoms with E-state index in [1.807, 2.05) is 4.90 Å². The number of nitrogens with one attached hydrogen (secondary N) is 1. The number of hydrogen-bond donors (Lipinski definition) is 2. The Morgan fingerprint density at radius 3 is 2.95 bits per heavy atom. The molecule has 1 aromatic rings. The van der Waals surface area contributed by atoms with E-state index in [0.717, 1.165) is 32.2 Å². The van der Waals surface area contributed by atoms with Gasteiger partial charge < -0.3 is 14.9 Å². The lowest BCUT2D eigenvalue weighted by molar-refractivity contribution is -0.123. The Morgan fingerprint density at radius 1 is 1.38 bits per heavy atom. The quantitative estimate of drug-likeness (QED) is 0.817. The van der Waals surface area contributed by atoms with Crippen molar-refractivity contribution in [3.63, 3.8) is 0 Å². The van der Waals surface area contributed by atoms with Crippen LogP contribution in [0.5, 0.6) is 0 Å². The minimum atomic E-state index is -0.311. The summed E-state index contributed by atoms with van der Waals surface area (Å²) in [7, 11) is 0. The number of hydrogen-bond acceptors (Lipinski definition) is 6. The maximum absolute atomic E-state index is 11.9. The van der Waals surface area contributed by atoms with Crippen molar-refractivity contribution >= 4 is 5.91 Å². The molecule has 0 unspecified atom stereocenters. The molecule has 1 aliphatic heterocycles. The predicted molar refractivity (Wildman–Crippen MR) is 74.4 cm³/mol. The number of β-amino-alcohol motifs (C(OH)–C–C–N with tert-alkyl or cyclic N) is 1. The Kier molecular flexibility index (Phi) is 4.50. The number of aliphatic hydroxyl groups excluding tert-OH is 1.